The van der Waals surface area contributed by atoms with Crippen molar-refractivity contribution in [3.8, 4) is 0 Å². The third kappa shape index (κ3) is 3.01. The summed E-state index contributed by atoms with van der Waals surface area (Å²) in [7, 11) is 0. The lowest BCUT2D eigenvalue weighted by Crippen LogP contribution is -2.06. The van der Waals surface area contributed by atoms with Gasteiger partial charge in [-0.25, -0.2) is 8.78 Å². The van der Waals surface area contributed by atoms with Gasteiger partial charge in [0.05, 0.1) is 10.0 Å². The Balaban J connectivity index is 2.53. The first-order valence-corrected chi connectivity index (χ1v) is 6.72. The fraction of sp³-hybridized carbons (Fsp3) is 0. The van der Waals surface area contributed by atoms with Crippen LogP contribution in [0.3, 0.4) is 0 Å². The number of nitrogens with two attached hydrogens (primary N) is 1. The number of halogens is 4. The van der Waals surface area contributed by atoms with Crippen molar-refractivity contribution < 1.29 is 13.6 Å². The molecule has 0 aliphatic heterocycles. The maximum absolute atomic E-state index is 13.7. The van der Waals surface area contributed by atoms with Crippen molar-refractivity contribution in [3.05, 3.63) is 62.0 Å². The first kappa shape index (κ1) is 14.1. The number of hydrogen-bond donors (Lipinski definition) is 1. The van der Waals surface area contributed by atoms with Gasteiger partial charge in [-0.3, -0.25) is 4.79 Å². The molecule has 2 nitrogen and oxygen atoms in total. The van der Waals surface area contributed by atoms with E-state index in [4.69, 9.17) is 5.73 Å². The molecule has 0 unspecified atom stereocenters. The molecular weight excluding hydrogens is 384 g/mol. The van der Waals surface area contributed by atoms with Gasteiger partial charge in [0.2, 0.25) is 0 Å². The van der Waals surface area contributed by atoms with E-state index in [-0.39, 0.29) is 15.6 Å². The van der Waals surface area contributed by atoms with Gasteiger partial charge in [0.25, 0.3) is 0 Å². The zero-order chi connectivity index (χ0) is 14.2. The van der Waals surface area contributed by atoms with Gasteiger partial charge in [0, 0.05) is 15.7 Å². The molecule has 0 aromatic heterocycles. The van der Waals surface area contributed by atoms with Crippen LogP contribution in [0.4, 0.5) is 14.5 Å². The van der Waals surface area contributed by atoms with Crippen molar-refractivity contribution in [2.24, 2.45) is 0 Å². The highest BCUT2D eigenvalue weighted by Crippen LogP contribution is 2.24. The van der Waals surface area contributed by atoms with Crippen LogP contribution < -0.4 is 5.73 Å². The Labute approximate surface area is 124 Å². The van der Waals surface area contributed by atoms with Gasteiger partial charge >= 0.3 is 0 Å². The number of carbonyl (C=O) groups excluding carboxylic acids is 1. The maximum Gasteiger partial charge on any atom is 0.196 e. The Kier molecular flexibility index (Phi) is 4.01. The first-order chi connectivity index (χ1) is 8.88. The van der Waals surface area contributed by atoms with Crippen molar-refractivity contribution in [1.82, 2.24) is 0 Å². The summed E-state index contributed by atoms with van der Waals surface area (Å²) < 4.78 is 27.7. The molecule has 6 heteroatoms. The quantitative estimate of drug-likeness (QED) is 0.472. The molecule has 19 heavy (non-hydrogen) atoms. The lowest BCUT2D eigenvalue weighted by atomic mass is 10.0. The van der Waals surface area contributed by atoms with Crippen LogP contribution in [-0.2, 0) is 0 Å². The van der Waals surface area contributed by atoms with E-state index >= 15 is 0 Å². The Hall–Kier alpha value is -1.27. The number of hydrogen-bond acceptors (Lipinski definition) is 2. The Morgan fingerprint density at radius 3 is 2.32 bits per heavy atom. The average molecular weight is 391 g/mol. The van der Waals surface area contributed by atoms with Crippen LogP contribution >= 0.6 is 31.9 Å². The number of anilines is 1. The molecule has 2 aromatic rings. The Bertz CT molecular complexity index is 654. The average Bonchev–Trinajstić information content (AvgIpc) is 2.31. The van der Waals surface area contributed by atoms with Crippen LogP contribution in [0.2, 0.25) is 0 Å². The first-order valence-electron chi connectivity index (χ1n) is 5.14. The molecule has 2 aromatic carbocycles. The van der Waals surface area contributed by atoms with Crippen molar-refractivity contribution in [3.63, 3.8) is 0 Å². The molecule has 0 amide bonds. The third-order valence-corrected chi connectivity index (χ3v) is 3.50. The molecule has 0 saturated heterocycles. The second-order valence-electron chi connectivity index (χ2n) is 3.85. The number of benzene rings is 2. The van der Waals surface area contributed by atoms with Crippen LogP contribution in [0.5, 0.6) is 0 Å². The fourth-order valence-corrected chi connectivity index (χ4v) is 2.42. The second kappa shape index (κ2) is 5.38. The molecule has 0 spiro atoms. The highest BCUT2D eigenvalue weighted by Gasteiger charge is 2.17. The van der Waals surface area contributed by atoms with Crippen molar-refractivity contribution in [1.29, 1.82) is 0 Å². The summed E-state index contributed by atoms with van der Waals surface area (Å²) in [5.41, 5.74) is 5.82. The summed E-state index contributed by atoms with van der Waals surface area (Å²) in [6.45, 7) is 0. The van der Waals surface area contributed by atoms with Gasteiger partial charge in [-0.15, -0.1) is 0 Å². The van der Waals surface area contributed by atoms with Crippen molar-refractivity contribution in [2.45, 2.75) is 0 Å². The van der Waals surface area contributed by atoms with Crippen LogP contribution in [0.1, 0.15) is 15.9 Å². The minimum Gasteiger partial charge on any atom is -0.399 e. The standard InChI is InChI=1S/C13H7Br2F2NO/c14-7-1-6(2-8(18)3-7)13(19)9-4-12(17)10(15)5-11(9)16/h1-5H,18H2. The Morgan fingerprint density at radius 1 is 1.00 bits per heavy atom. The normalized spacial score (nSPS) is 10.5. The molecule has 0 radical (unpaired) electrons. The van der Waals surface area contributed by atoms with Crippen LogP contribution in [-0.4, -0.2) is 5.78 Å². The zero-order valence-corrected chi connectivity index (χ0v) is 12.6. The molecule has 0 heterocycles. The summed E-state index contributed by atoms with van der Waals surface area (Å²) >= 11 is 6.05. The van der Waals surface area contributed by atoms with Crippen molar-refractivity contribution >= 4 is 43.3 Å². The summed E-state index contributed by atoms with van der Waals surface area (Å²) in [6.07, 6.45) is 0. The number of nitrogen functional groups attached to an aromatic ring is 1. The van der Waals surface area contributed by atoms with E-state index in [1.54, 1.807) is 6.07 Å². The predicted octanol–water partition coefficient (Wildman–Crippen LogP) is 4.30. The molecular formula is C13H7Br2F2NO. The molecule has 0 fully saturated rings. The largest absolute Gasteiger partial charge is 0.399 e. The molecule has 2 rings (SSSR count). The van der Waals surface area contributed by atoms with E-state index in [1.165, 1.54) is 12.1 Å². The van der Waals surface area contributed by atoms with E-state index in [0.29, 0.717) is 10.2 Å². The number of carbonyl (C=O) groups is 1. The van der Waals surface area contributed by atoms with E-state index in [9.17, 15) is 13.6 Å². The maximum atomic E-state index is 13.7. The zero-order valence-electron chi connectivity index (χ0n) is 9.38. The molecule has 0 aliphatic rings. The SMILES string of the molecule is Nc1cc(Br)cc(C(=O)c2cc(F)c(Br)cc2F)c1. The molecule has 0 bridgehead atoms. The molecule has 0 atom stereocenters. The second-order valence-corrected chi connectivity index (χ2v) is 5.62. The highest BCUT2D eigenvalue weighted by atomic mass is 79.9. The number of ketones is 1. The monoisotopic (exact) mass is 389 g/mol. The van der Waals surface area contributed by atoms with Gasteiger partial charge in [0.1, 0.15) is 11.6 Å². The van der Waals surface area contributed by atoms with Crippen molar-refractivity contribution in [2.75, 3.05) is 5.73 Å². The minimum absolute atomic E-state index is 0.0321. The lowest BCUT2D eigenvalue weighted by Gasteiger charge is -2.06. The molecule has 0 aliphatic carbocycles. The van der Waals surface area contributed by atoms with Crippen LogP contribution in [0.15, 0.2) is 39.3 Å². The molecule has 2 N–H and O–H groups in total. The van der Waals surface area contributed by atoms with Crippen LogP contribution in [0.25, 0.3) is 0 Å². The fourth-order valence-electron chi connectivity index (χ4n) is 1.60. The van der Waals surface area contributed by atoms with Gasteiger partial charge < -0.3 is 5.73 Å². The predicted molar refractivity (Wildman–Crippen MR) is 76.0 cm³/mol. The van der Waals surface area contributed by atoms with E-state index in [1.807, 2.05) is 0 Å². The van der Waals surface area contributed by atoms with Gasteiger partial charge in [-0.05, 0) is 46.3 Å². The van der Waals surface area contributed by atoms with E-state index < -0.39 is 17.4 Å². The molecule has 98 valence electrons. The lowest BCUT2D eigenvalue weighted by molar-refractivity contribution is 0.103. The summed E-state index contributed by atoms with van der Waals surface area (Å²) in [6, 6.07) is 6.29. The summed E-state index contributed by atoms with van der Waals surface area (Å²) in [4.78, 5) is 12.1. The summed E-state index contributed by atoms with van der Waals surface area (Å²) in [5, 5.41) is 0. The van der Waals surface area contributed by atoms with Crippen LogP contribution in [0, 0.1) is 11.6 Å². The Morgan fingerprint density at radius 2 is 1.68 bits per heavy atom. The smallest absolute Gasteiger partial charge is 0.196 e. The molecule has 0 saturated carbocycles. The van der Waals surface area contributed by atoms with Gasteiger partial charge in [-0.2, -0.15) is 0 Å². The number of rotatable bonds is 2. The topological polar surface area (TPSA) is 43.1 Å². The summed E-state index contributed by atoms with van der Waals surface area (Å²) in [5.74, 6) is -2.12. The minimum atomic E-state index is -0.795. The van der Waals surface area contributed by atoms with E-state index in [2.05, 4.69) is 31.9 Å². The van der Waals surface area contributed by atoms with Gasteiger partial charge in [-0.1, -0.05) is 15.9 Å². The van der Waals surface area contributed by atoms with E-state index in [0.717, 1.165) is 12.1 Å². The third-order valence-electron chi connectivity index (χ3n) is 2.44. The highest BCUT2D eigenvalue weighted by molar-refractivity contribution is 9.10. The van der Waals surface area contributed by atoms with Gasteiger partial charge in [0.15, 0.2) is 5.78 Å².